The van der Waals surface area contributed by atoms with Crippen LogP contribution in [-0.4, -0.2) is 27.4 Å². The first-order chi connectivity index (χ1) is 12.3. The number of carbonyl (C=O) groups excluding carboxylic acids is 1. The predicted octanol–water partition coefficient (Wildman–Crippen LogP) is 2.71. The second-order valence-electron chi connectivity index (χ2n) is 6.02. The van der Waals surface area contributed by atoms with Gasteiger partial charge in [-0.05, 0) is 48.4 Å². The van der Waals surface area contributed by atoms with E-state index in [9.17, 15) is 13.2 Å². The van der Waals surface area contributed by atoms with Crippen LogP contribution in [0.1, 0.15) is 24.1 Å². The highest BCUT2D eigenvalue weighted by molar-refractivity contribution is 7.90. The quantitative estimate of drug-likeness (QED) is 0.815. The summed E-state index contributed by atoms with van der Waals surface area (Å²) >= 11 is 0. The average molecular weight is 373 g/mol. The van der Waals surface area contributed by atoms with Crippen LogP contribution in [0.5, 0.6) is 11.5 Å². The van der Waals surface area contributed by atoms with Gasteiger partial charge in [0.25, 0.3) is 0 Å². The first kappa shape index (κ1) is 18.0. The number of hydrogen-bond donors (Lipinski definition) is 1. The Bertz CT molecular complexity index is 948. The van der Waals surface area contributed by atoms with Crippen molar-refractivity contribution in [2.24, 2.45) is 0 Å². The topological polar surface area (TPSA) is 81.7 Å². The Labute approximate surface area is 152 Å². The summed E-state index contributed by atoms with van der Waals surface area (Å²) in [5.41, 5.74) is 1.65. The Morgan fingerprint density at radius 1 is 1.12 bits per heavy atom. The zero-order valence-corrected chi connectivity index (χ0v) is 15.2. The van der Waals surface area contributed by atoms with Crippen LogP contribution in [0.25, 0.3) is 6.08 Å². The van der Waals surface area contributed by atoms with Gasteiger partial charge >= 0.3 is 0 Å². The standard InChI is InChI=1S/C19H19NO5S/c1-13(15-5-7-16(8-6-15)26(2,22)23)20-19(21)10-4-14-3-9-17-18(11-14)25-12-24-17/h3-11,13H,12H2,1-2H3,(H,20,21)/b10-4+/t13-/m1/s1. The van der Waals surface area contributed by atoms with Crippen LogP contribution in [0.15, 0.2) is 53.4 Å². The molecule has 0 aliphatic carbocycles. The second-order valence-corrected chi connectivity index (χ2v) is 8.03. The first-order valence-corrected chi connectivity index (χ1v) is 9.90. The Hall–Kier alpha value is -2.80. The maximum atomic E-state index is 12.1. The highest BCUT2D eigenvalue weighted by Gasteiger charge is 2.13. The summed E-state index contributed by atoms with van der Waals surface area (Å²) in [6, 6.07) is 11.7. The fourth-order valence-electron chi connectivity index (χ4n) is 2.54. The molecule has 6 nitrogen and oxygen atoms in total. The molecular weight excluding hydrogens is 354 g/mol. The first-order valence-electron chi connectivity index (χ1n) is 8.01. The Balaban J connectivity index is 1.62. The molecule has 2 aromatic carbocycles. The largest absolute Gasteiger partial charge is 0.454 e. The molecule has 1 aliphatic rings. The molecule has 1 N–H and O–H groups in total. The number of amides is 1. The number of carbonyl (C=O) groups is 1. The zero-order valence-electron chi connectivity index (χ0n) is 14.4. The van der Waals surface area contributed by atoms with E-state index in [1.807, 2.05) is 13.0 Å². The molecule has 0 saturated heterocycles. The number of benzene rings is 2. The molecule has 1 atom stereocenters. The second kappa shape index (κ2) is 7.21. The SMILES string of the molecule is C[C@@H](NC(=O)/C=C/c1ccc2c(c1)OCO2)c1ccc(S(C)(=O)=O)cc1. The third-order valence-corrected chi connectivity index (χ3v) is 5.12. The lowest BCUT2D eigenvalue weighted by Crippen LogP contribution is -2.24. The van der Waals surface area contributed by atoms with Crippen molar-refractivity contribution >= 4 is 21.8 Å². The molecule has 1 aliphatic heterocycles. The van der Waals surface area contributed by atoms with E-state index in [0.29, 0.717) is 11.5 Å². The Morgan fingerprint density at radius 2 is 1.81 bits per heavy atom. The van der Waals surface area contributed by atoms with Gasteiger partial charge in [-0.15, -0.1) is 0 Å². The minimum absolute atomic E-state index is 0.207. The number of sulfone groups is 1. The van der Waals surface area contributed by atoms with E-state index < -0.39 is 9.84 Å². The van der Waals surface area contributed by atoms with Crippen LogP contribution in [0, 0.1) is 0 Å². The normalized spacial score (nSPS) is 14.4. The van der Waals surface area contributed by atoms with Crippen molar-refractivity contribution < 1.29 is 22.7 Å². The molecule has 0 radical (unpaired) electrons. The van der Waals surface area contributed by atoms with Gasteiger partial charge in [-0.25, -0.2) is 8.42 Å². The lowest BCUT2D eigenvalue weighted by molar-refractivity contribution is -0.117. The molecule has 1 heterocycles. The third kappa shape index (κ3) is 4.23. The molecule has 0 aromatic heterocycles. The lowest BCUT2D eigenvalue weighted by atomic mass is 10.1. The van der Waals surface area contributed by atoms with Crippen LogP contribution < -0.4 is 14.8 Å². The highest BCUT2D eigenvalue weighted by Crippen LogP contribution is 2.32. The van der Waals surface area contributed by atoms with Gasteiger partial charge in [-0.3, -0.25) is 4.79 Å². The summed E-state index contributed by atoms with van der Waals surface area (Å²) in [6.07, 6.45) is 4.30. The minimum Gasteiger partial charge on any atom is -0.454 e. The van der Waals surface area contributed by atoms with E-state index in [1.54, 1.807) is 30.3 Å². The van der Waals surface area contributed by atoms with Crippen molar-refractivity contribution in [3.05, 3.63) is 59.7 Å². The Morgan fingerprint density at radius 3 is 2.50 bits per heavy atom. The summed E-state index contributed by atoms with van der Waals surface area (Å²) in [4.78, 5) is 12.4. The lowest BCUT2D eigenvalue weighted by Gasteiger charge is -2.13. The summed E-state index contributed by atoms with van der Waals surface area (Å²) in [7, 11) is -3.23. The van der Waals surface area contributed by atoms with E-state index in [2.05, 4.69) is 5.32 Å². The van der Waals surface area contributed by atoms with Crippen molar-refractivity contribution in [2.45, 2.75) is 17.9 Å². The summed E-state index contributed by atoms with van der Waals surface area (Å²) in [5, 5.41) is 2.85. The van der Waals surface area contributed by atoms with Gasteiger partial charge in [-0.1, -0.05) is 18.2 Å². The third-order valence-electron chi connectivity index (χ3n) is 3.99. The van der Waals surface area contributed by atoms with Crippen LogP contribution in [0.3, 0.4) is 0 Å². The summed E-state index contributed by atoms with van der Waals surface area (Å²) in [6.45, 7) is 2.04. The van der Waals surface area contributed by atoms with Crippen LogP contribution >= 0.6 is 0 Å². The van der Waals surface area contributed by atoms with E-state index in [4.69, 9.17) is 9.47 Å². The van der Waals surface area contributed by atoms with Crippen LogP contribution in [-0.2, 0) is 14.6 Å². The van der Waals surface area contributed by atoms with E-state index in [0.717, 1.165) is 17.4 Å². The van der Waals surface area contributed by atoms with Gasteiger partial charge in [0.15, 0.2) is 21.3 Å². The molecule has 26 heavy (non-hydrogen) atoms. The van der Waals surface area contributed by atoms with Gasteiger partial charge in [0.2, 0.25) is 12.7 Å². The van der Waals surface area contributed by atoms with Gasteiger partial charge in [0.1, 0.15) is 0 Å². The van der Waals surface area contributed by atoms with E-state index >= 15 is 0 Å². The summed E-state index contributed by atoms with van der Waals surface area (Å²) in [5.74, 6) is 1.10. The molecular formula is C19H19NO5S. The maximum absolute atomic E-state index is 12.1. The number of hydrogen-bond acceptors (Lipinski definition) is 5. The summed E-state index contributed by atoms with van der Waals surface area (Å²) < 4.78 is 33.5. The number of ether oxygens (including phenoxy) is 2. The van der Waals surface area contributed by atoms with Crippen LogP contribution in [0.4, 0.5) is 0 Å². The predicted molar refractivity (Wildman–Crippen MR) is 97.7 cm³/mol. The van der Waals surface area contributed by atoms with Crippen molar-refractivity contribution in [1.82, 2.24) is 5.32 Å². The van der Waals surface area contributed by atoms with Gasteiger partial charge in [0, 0.05) is 12.3 Å². The van der Waals surface area contributed by atoms with Crippen molar-refractivity contribution in [2.75, 3.05) is 13.0 Å². The van der Waals surface area contributed by atoms with Crippen molar-refractivity contribution in [3.8, 4) is 11.5 Å². The maximum Gasteiger partial charge on any atom is 0.244 e. The molecule has 0 saturated carbocycles. The average Bonchev–Trinajstić information content (AvgIpc) is 3.07. The molecule has 0 bridgehead atoms. The van der Waals surface area contributed by atoms with Gasteiger partial charge in [0.05, 0.1) is 10.9 Å². The monoisotopic (exact) mass is 373 g/mol. The van der Waals surface area contributed by atoms with Gasteiger partial charge in [-0.2, -0.15) is 0 Å². The molecule has 0 unspecified atom stereocenters. The van der Waals surface area contributed by atoms with Crippen LogP contribution in [0.2, 0.25) is 0 Å². The number of rotatable bonds is 5. The molecule has 0 fully saturated rings. The Kier molecular flexibility index (Phi) is 4.99. The molecule has 3 rings (SSSR count). The molecule has 2 aromatic rings. The van der Waals surface area contributed by atoms with Gasteiger partial charge < -0.3 is 14.8 Å². The molecule has 1 amide bonds. The van der Waals surface area contributed by atoms with Crippen molar-refractivity contribution in [3.63, 3.8) is 0 Å². The molecule has 7 heteroatoms. The smallest absolute Gasteiger partial charge is 0.244 e. The highest BCUT2D eigenvalue weighted by atomic mass is 32.2. The fourth-order valence-corrected chi connectivity index (χ4v) is 3.17. The minimum atomic E-state index is -3.23. The van der Waals surface area contributed by atoms with E-state index in [-0.39, 0.29) is 23.6 Å². The number of fused-ring (bicyclic) bond motifs is 1. The molecule has 136 valence electrons. The van der Waals surface area contributed by atoms with E-state index in [1.165, 1.54) is 18.2 Å². The van der Waals surface area contributed by atoms with Crippen molar-refractivity contribution in [1.29, 1.82) is 0 Å². The number of nitrogens with one attached hydrogen (secondary N) is 1. The zero-order chi connectivity index (χ0) is 18.7. The molecule has 0 spiro atoms. The fraction of sp³-hybridized carbons (Fsp3) is 0.211.